The van der Waals surface area contributed by atoms with Gasteiger partial charge in [0.1, 0.15) is 0 Å². The van der Waals surface area contributed by atoms with Crippen molar-refractivity contribution in [2.75, 3.05) is 19.8 Å². The number of ether oxygens (including phenoxy) is 1. The fraction of sp³-hybridized carbons (Fsp3) is 0.348. The van der Waals surface area contributed by atoms with Crippen LogP contribution >= 0.6 is 15.9 Å². The number of nitrogens with one attached hydrogen (secondary N) is 1. The number of carbonyl (C=O) groups is 1. The van der Waals surface area contributed by atoms with Gasteiger partial charge >= 0.3 is 0 Å². The lowest BCUT2D eigenvalue weighted by molar-refractivity contribution is -0.121. The Morgan fingerprint density at radius 2 is 1.90 bits per heavy atom. The maximum absolute atomic E-state index is 12.9. The van der Waals surface area contributed by atoms with Crippen LogP contribution in [0.15, 0.2) is 57.8 Å². The molecule has 2 aromatic carbocycles. The molecule has 1 aliphatic rings. The van der Waals surface area contributed by atoms with E-state index in [9.17, 15) is 9.59 Å². The van der Waals surface area contributed by atoms with Gasteiger partial charge in [-0.25, -0.2) is 4.68 Å². The Kier molecular flexibility index (Phi) is 6.01. The number of aromatic nitrogens is 2. The van der Waals surface area contributed by atoms with Gasteiger partial charge < -0.3 is 10.1 Å². The minimum atomic E-state index is -0.162. The topological polar surface area (TPSA) is 73.2 Å². The highest BCUT2D eigenvalue weighted by Gasteiger charge is 2.35. The Morgan fingerprint density at radius 3 is 2.63 bits per heavy atom. The summed E-state index contributed by atoms with van der Waals surface area (Å²) in [7, 11) is 1.61. The van der Waals surface area contributed by atoms with Crippen LogP contribution in [0.5, 0.6) is 0 Å². The van der Waals surface area contributed by atoms with Crippen LogP contribution in [0.3, 0.4) is 0 Å². The predicted molar refractivity (Wildman–Crippen MR) is 120 cm³/mol. The van der Waals surface area contributed by atoms with E-state index in [2.05, 4.69) is 38.5 Å². The Morgan fingerprint density at radius 1 is 1.17 bits per heavy atom. The van der Waals surface area contributed by atoms with Crippen molar-refractivity contribution in [1.29, 1.82) is 0 Å². The largest absolute Gasteiger partial charge is 0.381 e. The molecule has 7 heteroatoms. The molecule has 0 saturated carbocycles. The summed E-state index contributed by atoms with van der Waals surface area (Å²) < 4.78 is 7.91. The van der Waals surface area contributed by atoms with Crippen molar-refractivity contribution in [2.45, 2.75) is 24.7 Å². The number of halogens is 1. The number of hydrogen-bond donors (Lipinski definition) is 1. The van der Waals surface area contributed by atoms with E-state index in [0.717, 1.165) is 22.7 Å². The minimum Gasteiger partial charge on any atom is -0.381 e. The fourth-order valence-corrected chi connectivity index (χ4v) is 4.54. The highest BCUT2D eigenvalue weighted by Crippen LogP contribution is 2.35. The van der Waals surface area contributed by atoms with Gasteiger partial charge in [0.2, 0.25) is 5.91 Å². The van der Waals surface area contributed by atoms with Gasteiger partial charge in [0.25, 0.3) is 5.56 Å². The second-order valence-corrected chi connectivity index (χ2v) is 8.69. The second-order valence-electron chi connectivity index (χ2n) is 7.78. The molecular formula is C23H24BrN3O3. The molecule has 0 bridgehead atoms. The molecular weight excluding hydrogens is 446 g/mol. The fourth-order valence-electron chi connectivity index (χ4n) is 4.14. The van der Waals surface area contributed by atoms with E-state index in [1.807, 2.05) is 30.3 Å². The molecule has 156 valence electrons. The van der Waals surface area contributed by atoms with Crippen LogP contribution in [0.4, 0.5) is 0 Å². The summed E-state index contributed by atoms with van der Waals surface area (Å²) in [5.74, 6) is -0.104. The number of benzene rings is 2. The molecule has 2 heterocycles. The summed E-state index contributed by atoms with van der Waals surface area (Å²) in [6, 6.07) is 15.6. The monoisotopic (exact) mass is 469 g/mol. The van der Waals surface area contributed by atoms with Crippen molar-refractivity contribution in [3.8, 4) is 0 Å². The molecule has 0 radical (unpaired) electrons. The van der Waals surface area contributed by atoms with E-state index in [0.29, 0.717) is 30.8 Å². The van der Waals surface area contributed by atoms with Gasteiger partial charge in [0, 0.05) is 42.1 Å². The van der Waals surface area contributed by atoms with Crippen LogP contribution in [0, 0.1) is 0 Å². The van der Waals surface area contributed by atoms with Crippen molar-refractivity contribution < 1.29 is 9.53 Å². The highest BCUT2D eigenvalue weighted by atomic mass is 79.9. The summed E-state index contributed by atoms with van der Waals surface area (Å²) in [5.41, 5.74) is 1.49. The second kappa shape index (κ2) is 8.70. The summed E-state index contributed by atoms with van der Waals surface area (Å²) >= 11 is 3.56. The van der Waals surface area contributed by atoms with E-state index in [-0.39, 0.29) is 23.3 Å². The van der Waals surface area contributed by atoms with Gasteiger partial charge in [0.05, 0.1) is 17.5 Å². The Bertz CT molecular complexity index is 1140. The van der Waals surface area contributed by atoms with Gasteiger partial charge in [-0.3, -0.25) is 9.59 Å². The Balaban J connectivity index is 1.55. The Hall–Kier alpha value is -2.51. The van der Waals surface area contributed by atoms with Gasteiger partial charge in [-0.15, -0.1) is 0 Å². The van der Waals surface area contributed by atoms with Crippen molar-refractivity contribution in [1.82, 2.24) is 15.1 Å². The van der Waals surface area contributed by atoms with E-state index in [1.165, 1.54) is 10.2 Å². The van der Waals surface area contributed by atoms with E-state index < -0.39 is 0 Å². The molecule has 0 aliphatic carbocycles. The zero-order chi connectivity index (χ0) is 21.1. The first kappa shape index (κ1) is 20.8. The summed E-state index contributed by atoms with van der Waals surface area (Å²) in [6.45, 7) is 1.89. The molecule has 6 nitrogen and oxygen atoms in total. The lowest BCUT2D eigenvalue weighted by Gasteiger charge is -2.38. The third-order valence-electron chi connectivity index (χ3n) is 5.87. The number of rotatable bonds is 5. The molecule has 30 heavy (non-hydrogen) atoms. The first-order valence-electron chi connectivity index (χ1n) is 10.0. The molecule has 1 saturated heterocycles. The van der Waals surface area contributed by atoms with Gasteiger partial charge in [-0.05, 0) is 36.6 Å². The number of carbonyl (C=O) groups excluding carboxylic acids is 1. The molecule has 4 rings (SSSR count). The third kappa shape index (κ3) is 4.18. The highest BCUT2D eigenvalue weighted by molar-refractivity contribution is 9.10. The number of hydrogen-bond acceptors (Lipinski definition) is 4. The smallest absolute Gasteiger partial charge is 0.274 e. The quantitative estimate of drug-likeness (QED) is 0.622. The van der Waals surface area contributed by atoms with Gasteiger partial charge in [0.15, 0.2) is 0 Å². The van der Waals surface area contributed by atoms with Crippen molar-refractivity contribution in [2.24, 2.45) is 7.05 Å². The van der Waals surface area contributed by atoms with Crippen LogP contribution in [0.2, 0.25) is 0 Å². The van der Waals surface area contributed by atoms with Crippen LogP contribution in [0.25, 0.3) is 10.8 Å². The summed E-state index contributed by atoms with van der Waals surface area (Å²) in [6.07, 6.45) is 1.83. The number of nitrogens with zero attached hydrogens (tertiary/aromatic N) is 2. The number of aryl methyl sites for hydroxylation is 1. The predicted octanol–water partition coefficient (Wildman–Crippen LogP) is 3.10. The van der Waals surface area contributed by atoms with Crippen molar-refractivity contribution in [3.05, 3.63) is 74.6 Å². The van der Waals surface area contributed by atoms with Crippen molar-refractivity contribution in [3.63, 3.8) is 0 Å². The first-order chi connectivity index (χ1) is 14.5. The normalized spacial score (nSPS) is 15.8. The molecule has 0 spiro atoms. The Labute approximate surface area is 183 Å². The molecule has 1 aromatic heterocycles. The van der Waals surface area contributed by atoms with Gasteiger partial charge in [-0.1, -0.05) is 46.3 Å². The number of fused-ring (bicyclic) bond motifs is 1. The van der Waals surface area contributed by atoms with Crippen LogP contribution in [0.1, 0.15) is 24.1 Å². The van der Waals surface area contributed by atoms with Crippen molar-refractivity contribution >= 4 is 32.6 Å². The average Bonchev–Trinajstić information content (AvgIpc) is 2.76. The molecule has 1 aliphatic heterocycles. The maximum Gasteiger partial charge on any atom is 0.274 e. The summed E-state index contributed by atoms with van der Waals surface area (Å²) in [4.78, 5) is 25.2. The van der Waals surface area contributed by atoms with E-state index in [1.54, 1.807) is 13.1 Å². The van der Waals surface area contributed by atoms with E-state index >= 15 is 0 Å². The van der Waals surface area contributed by atoms with Gasteiger partial charge in [-0.2, -0.15) is 5.10 Å². The van der Waals surface area contributed by atoms with Crippen LogP contribution in [-0.2, 0) is 28.4 Å². The minimum absolute atomic E-state index is 0.104. The zero-order valence-electron chi connectivity index (χ0n) is 16.9. The first-order valence-corrected chi connectivity index (χ1v) is 10.8. The number of amides is 1. The molecule has 1 fully saturated rings. The van der Waals surface area contributed by atoms with E-state index in [4.69, 9.17) is 4.74 Å². The lowest BCUT2D eigenvalue weighted by Crippen LogP contribution is -2.45. The standard InChI is InChI=1S/C23H24BrN3O3/c1-27-22(29)19-8-3-2-7-18(19)20(26-27)14-21(28)25-15-23(9-11-30-12-10-23)16-5-4-6-17(24)13-16/h2-8,13H,9-12,14-15H2,1H3,(H,25,28). The molecule has 0 unspecified atom stereocenters. The zero-order valence-corrected chi connectivity index (χ0v) is 18.4. The summed E-state index contributed by atoms with van der Waals surface area (Å²) in [5, 5.41) is 8.76. The third-order valence-corrected chi connectivity index (χ3v) is 6.37. The SMILES string of the molecule is Cn1nc(CC(=O)NCC2(c3cccc(Br)c3)CCOCC2)c2ccccc2c1=O. The van der Waals surface area contributed by atoms with Crippen LogP contribution in [-0.4, -0.2) is 35.4 Å². The lowest BCUT2D eigenvalue weighted by atomic mass is 9.74. The van der Waals surface area contributed by atoms with Crippen LogP contribution < -0.4 is 10.9 Å². The maximum atomic E-state index is 12.9. The average molecular weight is 470 g/mol. The molecule has 3 aromatic rings. The molecule has 0 atom stereocenters. The molecule has 1 amide bonds. The molecule has 1 N–H and O–H groups in total.